The van der Waals surface area contributed by atoms with Crippen molar-refractivity contribution < 1.29 is 13.6 Å². The smallest absolute Gasteiger partial charge is 0.265 e. The van der Waals surface area contributed by atoms with Crippen molar-refractivity contribution >= 4 is 28.6 Å². The molecule has 0 aliphatic heterocycles. The maximum Gasteiger partial charge on any atom is 0.265 e. The van der Waals surface area contributed by atoms with Gasteiger partial charge in [-0.05, 0) is 49.4 Å². The molecular weight excluding hydrogens is 294 g/mol. The van der Waals surface area contributed by atoms with Gasteiger partial charge in [0.1, 0.15) is 5.69 Å². The lowest BCUT2D eigenvalue weighted by Crippen LogP contribution is -2.14. The van der Waals surface area contributed by atoms with Crippen molar-refractivity contribution in [2.45, 2.75) is 25.7 Å². The highest BCUT2D eigenvalue weighted by Crippen LogP contribution is 2.31. The average Bonchev–Trinajstić information content (AvgIpc) is 2.91. The number of thiophene rings is 1. The van der Waals surface area contributed by atoms with E-state index < -0.39 is 17.5 Å². The van der Waals surface area contributed by atoms with Gasteiger partial charge < -0.3 is 11.1 Å². The van der Waals surface area contributed by atoms with Gasteiger partial charge in [-0.2, -0.15) is 0 Å². The molecule has 0 saturated carbocycles. The molecular formula is C15H14F2N2OS. The molecule has 0 fully saturated rings. The van der Waals surface area contributed by atoms with Gasteiger partial charge in [-0.1, -0.05) is 0 Å². The van der Waals surface area contributed by atoms with Crippen LogP contribution in [0.3, 0.4) is 0 Å². The van der Waals surface area contributed by atoms with E-state index in [1.54, 1.807) is 0 Å². The zero-order valence-electron chi connectivity index (χ0n) is 11.2. The summed E-state index contributed by atoms with van der Waals surface area (Å²) < 4.78 is 26.9. The van der Waals surface area contributed by atoms with E-state index in [1.165, 1.54) is 27.8 Å². The van der Waals surface area contributed by atoms with E-state index in [9.17, 15) is 13.6 Å². The number of benzene rings is 1. The molecule has 1 aromatic carbocycles. The summed E-state index contributed by atoms with van der Waals surface area (Å²) in [5.41, 5.74) is 6.48. The van der Waals surface area contributed by atoms with Crippen molar-refractivity contribution in [3.05, 3.63) is 45.2 Å². The van der Waals surface area contributed by atoms with Crippen LogP contribution in [0.2, 0.25) is 0 Å². The Labute approximate surface area is 124 Å². The molecule has 110 valence electrons. The maximum absolute atomic E-state index is 13.7. The number of anilines is 2. The van der Waals surface area contributed by atoms with Crippen molar-refractivity contribution in [3.8, 4) is 0 Å². The second kappa shape index (κ2) is 5.44. The quantitative estimate of drug-likeness (QED) is 0.830. The number of aryl methyl sites for hydroxylation is 2. The zero-order valence-corrected chi connectivity index (χ0v) is 12.0. The average molecular weight is 308 g/mol. The van der Waals surface area contributed by atoms with Crippen LogP contribution in [0.4, 0.5) is 20.2 Å². The number of carbonyl (C=O) groups is 1. The summed E-state index contributed by atoms with van der Waals surface area (Å²) in [5, 5.41) is 2.38. The molecule has 0 atom stereocenters. The lowest BCUT2D eigenvalue weighted by molar-refractivity contribution is 0.103. The van der Waals surface area contributed by atoms with Crippen LogP contribution in [-0.2, 0) is 12.8 Å². The third kappa shape index (κ3) is 2.63. The summed E-state index contributed by atoms with van der Waals surface area (Å²) in [6, 6.07) is 4.00. The number of hydrogen-bond donors (Lipinski definition) is 2. The number of amides is 1. The number of halogens is 2. The fraction of sp³-hybridized carbons (Fsp3) is 0.267. The van der Waals surface area contributed by atoms with Crippen LogP contribution in [0.15, 0.2) is 18.2 Å². The van der Waals surface area contributed by atoms with E-state index in [0.29, 0.717) is 4.88 Å². The van der Waals surface area contributed by atoms with Gasteiger partial charge in [-0.25, -0.2) is 8.78 Å². The minimum absolute atomic E-state index is 0.00331. The topological polar surface area (TPSA) is 55.1 Å². The van der Waals surface area contributed by atoms with E-state index >= 15 is 0 Å². The van der Waals surface area contributed by atoms with Gasteiger partial charge in [-0.3, -0.25) is 4.79 Å². The van der Waals surface area contributed by atoms with Gasteiger partial charge in [0.2, 0.25) is 0 Å². The predicted molar refractivity (Wildman–Crippen MR) is 79.7 cm³/mol. The molecule has 3 N–H and O–H groups in total. The second-order valence-electron chi connectivity index (χ2n) is 5.05. The Bertz CT molecular complexity index is 688. The van der Waals surface area contributed by atoms with Crippen LogP contribution in [0.5, 0.6) is 0 Å². The summed E-state index contributed by atoms with van der Waals surface area (Å²) in [4.78, 5) is 13.9. The predicted octanol–water partition coefficient (Wildman–Crippen LogP) is 3.74. The molecule has 0 unspecified atom stereocenters. The maximum atomic E-state index is 13.7. The van der Waals surface area contributed by atoms with Gasteiger partial charge in [0, 0.05) is 4.88 Å². The fourth-order valence-electron chi connectivity index (χ4n) is 2.47. The SMILES string of the molecule is Nc1ccc(F)c(F)c1NC(=O)c1cc2c(s1)CCCC2. The van der Waals surface area contributed by atoms with Crippen LogP contribution in [-0.4, -0.2) is 5.91 Å². The van der Waals surface area contributed by atoms with Crippen LogP contribution in [0, 0.1) is 11.6 Å². The van der Waals surface area contributed by atoms with Crippen molar-refractivity contribution in [1.82, 2.24) is 0 Å². The highest BCUT2D eigenvalue weighted by Gasteiger charge is 2.20. The number of nitrogen functional groups attached to an aromatic ring is 1. The Morgan fingerprint density at radius 3 is 2.76 bits per heavy atom. The molecule has 1 amide bonds. The Balaban J connectivity index is 1.87. The first-order chi connectivity index (χ1) is 10.1. The Kier molecular flexibility index (Phi) is 3.63. The minimum Gasteiger partial charge on any atom is -0.397 e. The standard InChI is InChI=1S/C15H14F2N2OS/c16-9-5-6-10(18)14(13(9)17)19-15(20)12-7-8-3-1-2-4-11(8)21-12/h5-7H,1-4,18H2,(H,19,20). The summed E-state index contributed by atoms with van der Waals surface area (Å²) in [5.74, 6) is -2.62. The highest BCUT2D eigenvalue weighted by atomic mass is 32.1. The lowest BCUT2D eigenvalue weighted by Gasteiger charge is -2.08. The van der Waals surface area contributed by atoms with Crippen LogP contribution in [0.25, 0.3) is 0 Å². The van der Waals surface area contributed by atoms with Crippen molar-refractivity contribution in [1.29, 1.82) is 0 Å². The lowest BCUT2D eigenvalue weighted by atomic mass is 9.99. The van der Waals surface area contributed by atoms with Crippen molar-refractivity contribution in [2.24, 2.45) is 0 Å². The van der Waals surface area contributed by atoms with Gasteiger partial charge in [0.25, 0.3) is 5.91 Å². The van der Waals surface area contributed by atoms with Crippen molar-refractivity contribution in [2.75, 3.05) is 11.1 Å². The normalized spacial score (nSPS) is 13.8. The van der Waals surface area contributed by atoms with Crippen LogP contribution >= 0.6 is 11.3 Å². The van der Waals surface area contributed by atoms with Crippen molar-refractivity contribution in [3.63, 3.8) is 0 Å². The molecule has 1 aromatic heterocycles. The third-order valence-electron chi connectivity index (χ3n) is 3.59. The molecule has 0 saturated heterocycles. The Morgan fingerprint density at radius 2 is 2.00 bits per heavy atom. The largest absolute Gasteiger partial charge is 0.397 e. The van der Waals surface area contributed by atoms with E-state index in [0.717, 1.165) is 31.7 Å². The molecule has 3 nitrogen and oxygen atoms in total. The molecule has 1 aliphatic rings. The Hall–Kier alpha value is -1.95. The second-order valence-corrected chi connectivity index (χ2v) is 6.18. The van der Waals surface area contributed by atoms with E-state index in [1.807, 2.05) is 6.07 Å². The number of rotatable bonds is 2. The molecule has 21 heavy (non-hydrogen) atoms. The molecule has 2 aromatic rings. The van der Waals surface area contributed by atoms with E-state index in [4.69, 9.17) is 5.73 Å². The fourth-order valence-corrected chi connectivity index (χ4v) is 3.62. The monoisotopic (exact) mass is 308 g/mol. The van der Waals surface area contributed by atoms with E-state index in [-0.39, 0.29) is 11.4 Å². The first-order valence-corrected chi connectivity index (χ1v) is 7.54. The van der Waals surface area contributed by atoms with E-state index in [2.05, 4.69) is 5.32 Å². The summed E-state index contributed by atoms with van der Waals surface area (Å²) >= 11 is 1.41. The van der Waals surface area contributed by atoms with Gasteiger partial charge in [-0.15, -0.1) is 11.3 Å². The molecule has 6 heteroatoms. The van der Waals surface area contributed by atoms with Crippen LogP contribution in [0.1, 0.15) is 33.0 Å². The zero-order chi connectivity index (χ0) is 15.0. The van der Waals surface area contributed by atoms with Gasteiger partial charge >= 0.3 is 0 Å². The molecule has 0 spiro atoms. The minimum atomic E-state index is -1.13. The number of nitrogens with one attached hydrogen (secondary N) is 1. The Morgan fingerprint density at radius 1 is 1.24 bits per heavy atom. The number of hydrogen-bond acceptors (Lipinski definition) is 3. The first kappa shape index (κ1) is 14.0. The number of fused-ring (bicyclic) bond motifs is 1. The molecule has 1 heterocycles. The number of carbonyl (C=O) groups excluding carboxylic acids is 1. The first-order valence-electron chi connectivity index (χ1n) is 6.72. The van der Waals surface area contributed by atoms with Gasteiger partial charge in [0.05, 0.1) is 10.6 Å². The molecule has 3 rings (SSSR count). The summed E-state index contributed by atoms with van der Waals surface area (Å²) in [7, 11) is 0. The molecule has 1 aliphatic carbocycles. The third-order valence-corrected chi connectivity index (χ3v) is 4.82. The summed E-state index contributed by atoms with van der Waals surface area (Å²) in [6.07, 6.45) is 4.19. The number of nitrogens with two attached hydrogens (primary N) is 1. The summed E-state index contributed by atoms with van der Waals surface area (Å²) in [6.45, 7) is 0. The molecule has 0 bridgehead atoms. The van der Waals surface area contributed by atoms with Gasteiger partial charge in [0.15, 0.2) is 11.6 Å². The van der Waals surface area contributed by atoms with Crippen LogP contribution < -0.4 is 11.1 Å². The molecule has 0 radical (unpaired) electrons. The highest BCUT2D eigenvalue weighted by molar-refractivity contribution is 7.14.